The number of fused-ring (bicyclic) bond motifs is 17. The smallest absolute Gasteiger partial charge is 0.164 e. The average Bonchev–Trinajstić information content (AvgIpc) is 3.95. The average molecular weight is 729 g/mol. The van der Waals surface area contributed by atoms with Crippen LogP contribution >= 0.6 is 0 Å². The quantitative estimate of drug-likeness (QED) is 0.177. The molecule has 6 nitrogen and oxygen atoms in total. The van der Waals surface area contributed by atoms with Crippen LogP contribution in [0.3, 0.4) is 0 Å². The Labute approximate surface area is 323 Å². The minimum absolute atomic E-state index is 0.592. The molecule has 0 N–H and O–H groups in total. The Morgan fingerprint density at radius 1 is 0.386 bits per heavy atom. The molecule has 8 aromatic carbocycles. The third-order valence-electron chi connectivity index (χ3n) is 11.6. The Hall–Kier alpha value is -7.83. The number of furan rings is 2. The fraction of sp³-hybridized carbons (Fsp3) is 0. The fourth-order valence-electron chi connectivity index (χ4n) is 9.01. The Bertz CT molecular complexity index is 3870. The van der Waals surface area contributed by atoms with Gasteiger partial charge in [0.05, 0.1) is 11.0 Å². The van der Waals surface area contributed by atoms with Gasteiger partial charge >= 0.3 is 0 Å². The molecule has 0 aliphatic carbocycles. The van der Waals surface area contributed by atoms with Crippen LogP contribution in [0.1, 0.15) is 0 Å². The van der Waals surface area contributed by atoms with Crippen molar-refractivity contribution < 1.29 is 8.83 Å². The summed E-state index contributed by atoms with van der Waals surface area (Å²) < 4.78 is 15.3. The third-order valence-corrected chi connectivity index (χ3v) is 11.6. The molecule has 0 aliphatic rings. The highest BCUT2D eigenvalue weighted by Crippen LogP contribution is 2.41. The van der Waals surface area contributed by atoms with E-state index < -0.39 is 0 Å². The highest BCUT2D eigenvalue weighted by atomic mass is 16.3. The van der Waals surface area contributed by atoms with Crippen LogP contribution < -0.4 is 0 Å². The maximum Gasteiger partial charge on any atom is 0.164 e. The van der Waals surface area contributed by atoms with Crippen molar-refractivity contribution in [2.45, 2.75) is 0 Å². The second-order valence-electron chi connectivity index (χ2n) is 14.8. The lowest BCUT2D eigenvalue weighted by molar-refractivity contribution is 0.669. The van der Waals surface area contributed by atoms with Gasteiger partial charge in [-0.3, -0.25) is 0 Å². The van der Waals surface area contributed by atoms with Crippen LogP contribution in [-0.2, 0) is 0 Å². The highest BCUT2D eigenvalue weighted by Gasteiger charge is 2.19. The zero-order valence-electron chi connectivity index (χ0n) is 30.3. The molecule has 5 aromatic heterocycles. The fourth-order valence-corrected chi connectivity index (χ4v) is 9.01. The Morgan fingerprint density at radius 3 is 1.93 bits per heavy atom. The van der Waals surface area contributed by atoms with Crippen molar-refractivity contribution in [2.24, 2.45) is 0 Å². The second kappa shape index (κ2) is 11.4. The van der Waals surface area contributed by atoms with Crippen molar-refractivity contribution >= 4 is 109 Å². The monoisotopic (exact) mass is 728 g/mol. The van der Waals surface area contributed by atoms with Gasteiger partial charge in [0.1, 0.15) is 16.7 Å². The molecule has 0 saturated carbocycles. The van der Waals surface area contributed by atoms with Crippen LogP contribution in [0.5, 0.6) is 0 Å². The standard InChI is InChI=1S/C51H28N4O2/c1-2-12-35-31-21-26-44-41(28-31)46-40(15-8-18-45(46)56-44)51-53-49(52-50(54-51)32-10-7-9-30(27-32)34(35)11-1)29-19-22-33(23-20-29)55-42-16-5-3-13-36(42)38-24-25-39-37-14-4-6-17-43(37)57-48(39)47(38)55/h1-28H. The topological polar surface area (TPSA) is 69.9 Å². The van der Waals surface area contributed by atoms with Crippen LogP contribution in [0.15, 0.2) is 179 Å². The first-order chi connectivity index (χ1) is 28.2. The minimum atomic E-state index is 0.592. The molecule has 0 atom stereocenters. The molecule has 0 fully saturated rings. The SMILES string of the molecule is c1cc2cc(c1)c1ccccc1c1ccc3oc4cccc(c5nc(-c6ccc(-n7c8ccccc8c8ccc9c%10ccccc%10oc9c87)cc6)nc2n5)c4c3c1. The molecule has 57 heavy (non-hydrogen) atoms. The van der Waals surface area contributed by atoms with Crippen molar-refractivity contribution in [3.8, 4) is 17.1 Å². The Balaban J connectivity index is 1.09. The van der Waals surface area contributed by atoms with Gasteiger partial charge in [-0.05, 0) is 88.3 Å². The molecule has 5 heterocycles. The summed E-state index contributed by atoms with van der Waals surface area (Å²) in [5.74, 6) is 0.592. The first-order valence-electron chi connectivity index (χ1n) is 19.1. The normalized spacial score (nSPS) is 12.2. The second-order valence-corrected chi connectivity index (χ2v) is 14.8. The van der Waals surface area contributed by atoms with Gasteiger partial charge in [-0.25, -0.2) is 15.0 Å². The molecule has 0 saturated heterocycles. The molecular weight excluding hydrogens is 701 g/mol. The molecule has 0 spiro atoms. The van der Waals surface area contributed by atoms with Gasteiger partial charge in [0.25, 0.3) is 0 Å². The van der Waals surface area contributed by atoms with E-state index in [9.17, 15) is 0 Å². The van der Waals surface area contributed by atoms with E-state index in [4.69, 9.17) is 23.8 Å². The lowest BCUT2D eigenvalue weighted by atomic mass is 10.0. The van der Waals surface area contributed by atoms with E-state index in [1.165, 1.54) is 5.39 Å². The summed E-state index contributed by atoms with van der Waals surface area (Å²) in [6.45, 7) is 0. The summed E-state index contributed by atoms with van der Waals surface area (Å²) in [5, 5.41) is 12.9. The van der Waals surface area contributed by atoms with E-state index in [1.807, 2.05) is 24.3 Å². The summed E-state index contributed by atoms with van der Waals surface area (Å²) in [4.78, 5) is 15.6. The van der Waals surface area contributed by atoms with Gasteiger partial charge in [0.15, 0.2) is 22.7 Å². The number of aromatic nitrogens is 4. The third kappa shape index (κ3) is 4.38. The van der Waals surface area contributed by atoms with Crippen molar-refractivity contribution in [3.05, 3.63) is 170 Å². The van der Waals surface area contributed by atoms with E-state index in [1.54, 1.807) is 0 Å². The molecule has 264 valence electrons. The number of hydrogen-bond acceptors (Lipinski definition) is 5. The number of rotatable bonds is 2. The lowest BCUT2D eigenvalue weighted by Crippen LogP contribution is -1.96. The van der Waals surface area contributed by atoms with E-state index >= 15 is 0 Å². The molecule has 0 aliphatic heterocycles. The van der Waals surface area contributed by atoms with Crippen molar-refractivity contribution in [2.75, 3.05) is 0 Å². The van der Waals surface area contributed by atoms with Crippen LogP contribution in [0.2, 0.25) is 0 Å². The zero-order valence-corrected chi connectivity index (χ0v) is 30.3. The number of benzene rings is 8. The van der Waals surface area contributed by atoms with Crippen LogP contribution in [0.25, 0.3) is 126 Å². The molecule has 0 amide bonds. The molecule has 6 heteroatoms. The maximum absolute atomic E-state index is 6.60. The highest BCUT2D eigenvalue weighted by molar-refractivity contribution is 6.22. The van der Waals surface area contributed by atoms with Gasteiger partial charge in [0.2, 0.25) is 0 Å². The summed E-state index contributed by atoms with van der Waals surface area (Å²) >= 11 is 0. The Kier molecular flexibility index (Phi) is 6.07. The van der Waals surface area contributed by atoms with Crippen LogP contribution in [-0.4, -0.2) is 19.5 Å². The van der Waals surface area contributed by atoms with Gasteiger partial charge in [-0.2, -0.15) is 0 Å². The van der Waals surface area contributed by atoms with E-state index in [-0.39, 0.29) is 0 Å². The largest absolute Gasteiger partial charge is 0.456 e. The van der Waals surface area contributed by atoms with E-state index in [2.05, 4.69) is 150 Å². The zero-order chi connectivity index (χ0) is 37.2. The maximum atomic E-state index is 6.60. The van der Waals surface area contributed by atoms with E-state index in [0.29, 0.717) is 17.1 Å². The van der Waals surface area contributed by atoms with Crippen LogP contribution in [0.4, 0.5) is 0 Å². The van der Waals surface area contributed by atoms with Crippen molar-refractivity contribution in [3.63, 3.8) is 0 Å². The summed E-state index contributed by atoms with van der Waals surface area (Å²) in [6.07, 6.45) is 0. The lowest BCUT2D eigenvalue weighted by Gasteiger charge is -2.09. The number of hydrogen-bond donors (Lipinski definition) is 0. The minimum Gasteiger partial charge on any atom is -0.456 e. The molecule has 13 rings (SSSR count). The van der Waals surface area contributed by atoms with Crippen LogP contribution in [0, 0.1) is 0 Å². The molecule has 6 bridgehead atoms. The predicted molar refractivity (Wildman–Crippen MR) is 233 cm³/mol. The summed E-state index contributed by atoms with van der Waals surface area (Å²) in [5.41, 5.74) is 8.63. The molecule has 0 radical (unpaired) electrons. The van der Waals surface area contributed by atoms with E-state index in [0.717, 1.165) is 104 Å². The van der Waals surface area contributed by atoms with Gasteiger partial charge < -0.3 is 13.4 Å². The number of nitrogens with zero attached hydrogens (tertiary/aromatic N) is 4. The van der Waals surface area contributed by atoms with Crippen molar-refractivity contribution in [1.82, 2.24) is 19.5 Å². The first kappa shape index (κ1) is 30.5. The first-order valence-corrected chi connectivity index (χ1v) is 19.1. The van der Waals surface area contributed by atoms with Gasteiger partial charge in [-0.15, -0.1) is 0 Å². The molecular formula is C51H28N4O2. The summed E-state index contributed by atoms with van der Waals surface area (Å²) in [7, 11) is 0. The molecule has 0 unspecified atom stereocenters. The molecule has 13 aromatic rings. The van der Waals surface area contributed by atoms with Gasteiger partial charge in [-0.1, -0.05) is 103 Å². The summed E-state index contributed by atoms with van der Waals surface area (Å²) in [6, 6.07) is 59.3. The van der Waals surface area contributed by atoms with Gasteiger partial charge in [0, 0.05) is 54.3 Å². The Morgan fingerprint density at radius 2 is 1.05 bits per heavy atom. The predicted octanol–water partition coefficient (Wildman–Crippen LogP) is 13.6. The van der Waals surface area contributed by atoms with Crippen molar-refractivity contribution in [1.29, 1.82) is 0 Å². The number of para-hydroxylation sites is 2.